The van der Waals surface area contributed by atoms with Gasteiger partial charge in [0.15, 0.2) is 0 Å². The first kappa shape index (κ1) is 46.6. The minimum absolute atomic E-state index is 0.00150. The SMILES string of the molecule is CC[C@H](NC(=O)[C@@H]1CSSCCC(=O)N[C@@H](Cc2ccccc2)C(=O)N[C@H](Cc2c[nH]c3ccccc23)C(=O)N[C@@H](CCCCN)C(=O)N[C@@H]([C@@H](C)O)C(=O)N1)C(=O)O. The number of unbranched alkanes of at least 4 members (excludes halogenated alkanes) is 1. The lowest BCUT2D eigenvalue weighted by molar-refractivity contribution is -0.142. The summed E-state index contributed by atoms with van der Waals surface area (Å²) in [5, 5.41) is 36.9. The van der Waals surface area contributed by atoms with Gasteiger partial charge < -0.3 is 52.8 Å². The summed E-state index contributed by atoms with van der Waals surface area (Å²) in [6.07, 6.45) is 1.37. The van der Waals surface area contributed by atoms with Crippen molar-refractivity contribution in [2.45, 2.75) is 101 Å². The maximum Gasteiger partial charge on any atom is 0.326 e. The van der Waals surface area contributed by atoms with Gasteiger partial charge in [0.05, 0.1) is 6.10 Å². The van der Waals surface area contributed by atoms with Gasteiger partial charge in [-0.1, -0.05) is 77.0 Å². The molecular formula is C40H54N8O9S2. The van der Waals surface area contributed by atoms with Gasteiger partial charge in [-0.05, 0) is 56.3 Å². The number of H-pyrrole nitrogens is 1. The monoisotopic (exact) mass is 854 g/mol. The van der Waals surface area contributed by atoms with E-state index in [1.54, 1.807) is 25.3 Å². The minimum Gasteiger partial charge on any atom is -0.480 e. The highest BCUT2D eigenvalue weighted by atomic mass is 33.1. The second-order valence-electron chi connectivity index (χ2n) is 14.2. The summed E-state index contributed by atoms with van der Waals surface area (Å²) < 4.78 is 0. The summed E-state index contributed by atoms with van der Waals surface area (Å²) >= 11 is 0. The first-order chi connectivity index (χ1) is 28.3. The van der Waals surface area contributed by atoms with Crippen LogP contribution in [0.4, 0.5) is 0 Å². The van der Waals surface area contributed by atoms with Crippen LogP contribution in [-0.4, -0.2) is 117 Å². The quantitative estimate of drug-likeness (QED) is 0.0839. The molecule has 0 bridgehead atoms. The molecule has 6 amide bonds. The molecule has 7 atom stereocenters. The largest absolute Gasteiger partial charge is 0.480 e. The van der Waals surface area contributed by atoms with E-state index in [4.69, 9.17) is 5.73 Å². The number of aliphatic hydroxyl groups is 1. The Balaban J connectivity index is 1.71. The first-order valence-electron chi connectivity index (χ1n) is 19.6. The smallest absolute Gasteiger partial charge is 0.326 e. The van der Waals surface area contributed by atoms with Crippen molar-refractivity contribution in [3.05, 3.63) is 71.9 Å². The van der Waals surface area contributed by atoms with E-state index < -0.39 is 83.8 Å². The van der Waals surface area contributed by atoms with Gasteiger partial charge in [-0.3, -0.25) is 28.8 Å². The fourth-order valence-corrected chi connectivity index (χ4v) is 8.54. The van der Waals surface area contributed by atoms with Gasteiger partial charge in [-0.2, -0.15) is 0 Å². The Labute approximate surface area is 350 Å². The molecule has 17 nitrogen and oxygen atoms in total. The number of benzene rings is 2. The molecule has 0 radical (unpaired) electrons. The Morgan fingerprint density at radius 3 is 2.17 bits per heavy atom. The van der Waals surface area contributed by atoms with Crippen LogP contribution in [0, 0.1) is 0 Å². The number of aliphatic carboxylic acids is 1. The molecule has 0 aliphatic carbocycles. The third-order valence-electron chi connectivity index (χ3n) is 9.70. The number of rotatable bonds is 13. The highest BCUT2D eigenvalue weighted by Crippen LogP contribution is 2.24. The van der Waals surface area contributed by atoms with Gasteiger partial charge in [0.25, 0.3) is 0 Å². The van der Waals surface area contributed by atoms with Crippen LogP contribution >= 0.6 is 21.6 Å². The topological polar surface area (TPSA) is 274 Å². The molecule has 320 valence electrons. The molecule has 2 heterocycles. The van der Waals surface area contributed by atoms with Gasteiger partial charge in [0.2, 0.25) is 35.4 Å². The number of aromatic nitrogens is 1. The molecule has 2 aromatic carbocycles. The van der Waals surface area contributed by atoms with Gasteiger partial charge in [0, 0.05) is 47.9 Å². The lowest BCUT2D eigenvalue weighted by Gasteiger charge is -2.28. The van der Waals surface area contributed by atoms with Crippen molar-refractivity contribution in [2.75, 3.05) is 18.1 Å². The fourth-order valence-electron chi connectivity index (χ4n) is 6.39. The van der Waals surface area contributed by atoms with E-state index in [2.05, 4.69) is 36.9 Å². The highest BCUT2D eigenvalue weighted by Gasteiger charge is 2.35. The van der Waals surface area contributed by atoms with Crippen molar-refractivity contribution in [1.29, 1.82) is 0 Å². The molecular weight excluding hydrogens is 801 g/mol. The van der Waals surface area contributed by atoms with Gasteiger partial charge in [0.1, 0.15) is 36.3 Å². The van der Waals surface area contributed by atoms with Crippen LogP contribution in [-0.2, 0) is 46.4 Å². The molecule has 1 saturated heterocycles. The third kappa shape index (κ3) is 14.3. The normalized spacial score (nSPS) is 22.8. The molecule has 1 aliphatic heterocycles. The summed E-state index contributed by atoms with van der Waals surface area (Å²) in [5.74, 6) is -5.48. The van der Waals surface area contributed by atoms with E-state index >= 15 is 0 Å². The molecule has 0 saturated carbocycles. The summed E-state index contributed by atoms with van der Waals surface area (Å²) in [6.45, 7) is 3.14. The van der Waals surface area contributed by atoms with Crippen LogP contribution < -0.4 is 37.6 Å². The number of carbonyl (C=O) groups excluding carboxylic acids is 6. The number of para-hydroxylation sites is 1. The summed E-state index contributed by atoms with van der Waals surface area (Å²) in [7, 11) is 2.35. The van der Waals surface area contributed by atoms with Gasteiger partial charge >= 0.3 is 5.97 Å². The Morgan fingerprint density at radius 1 is 0.831 bits per heavy atom. The van der Waals surface area contributed by atoms with Gasteiger partial charge in [-0.25, -0.2) is 4.79 Å². The Kier molecular flexibility index (Phi) is 18.5. The van der Waals surface area contributed by atoms with Crippen LogP contribution in [0.3, 0.4) is 0 Å². The average Bonchev–Trinajstić information content (AvgIpc) is 3.62. The molecule has 0 unspecified atom stereocenters. The fraction of sp³-hybridized carbons (Fsp3) is 0.475. The molecule has 3 aromatic rings. The highest BCUT2D eigenvalue weighted by molar-refractivity contribution is 8.76. The van der Waals surface area contributed by atoms with Crippen molar-refractivity contribution < 1.29 is 43.8 Å². The number of carboxylic acid groups (broad SMARTS) is 1. The van der Waals surface area contributed by atoms with E-state index in [0.717, 1.165) is 27.3 Å². The second kappa shape index (κ2) is 23.5. The molecule has 0 spiro atoms. The van der Waals surface area contributed by atoms with Crippen molar-refractivity contribution in [3.63, 3.8) is 0 Å². The van der Waals surface area contributed by atoms with Crippen LogP contribution in [0.15, 0.2) is 60.8 Å². The van der Waals surface area contributed by atoms with E-state index in [1.807, 2.05) is 42.5 Å². The Hall–Kier alpha value is -5.11. The standard InChI is InChI=1S/C40H54N8O9S2/c1-3-27(40(56)57)44-38(54)32-22-59-58-18-16-33(50)43-30(19-24-11-5-4-6-12-24)36(52)46-31(20-25-21-42-28-14-8-7-13-26(25)28)37(53)45-29(15-9-10-17-41)35(51)48-34(23(2)49)39(55)47-32/h4-8,11-14,21,23,27,29-32,34,42,49H,3,9-10,15-20,22,41H2,1-2H3,(H,43,50)(H,44,54)(H,45,53)(H,46,52)(H,47,55)(H,48,51)(H,56,57)/t23-,27+,29+,30+,31-,32+,34+/m1/s1. The molecule has 1 aliphatic rings. The van der Waals surface area contributed by atoms with E-state index in [1.165, 1.54) is 17.7 Å². The molecule has 59 heavy (non-hydrogen) atoms. The lowest BCUT2D eigenvalue weighted by atomic mass is 10.0. The maximum atomic E-state index is 14.3. The van der Waals surface area contributed by atoms with Crippen LogP contribution in [0.25, 0.3) is 10.9 Å². The number of fused-ring (bicyclic) bond motifs is 1. The number of amides is 6. The number of carboxylic acids is 1. The lowest BCUT2D eigenvalue weighted by Crippen LogP contribution is -2.62. The zero-order valence-corrected chi connectivity index (χ0v) is 34.7. The van der Waals surface area contributed by atoms with E-state index in [-0.39, 0.29) is 43.6 Å². The number of carbonyl (C=O) groups is 7. The Morgan fingerprint density at radius 2 is 1.49 bits per heavy atom. The predicted molar refractivity (Wildman–Crippen MR) is 226 cm³/mol. The summed E-state index contributed by atoms with van der Waals surface area (Å²) in [6, 6.07) is 8.75. The number of nitrogens with two attached hydrogens (primary N) is 1. The zero-order valence-electron chi connectivity index (χ0n) is 33.0. The second-order valence-corrected chi connectivity index (χ2v) is 16.9. The van der Waals surface area contributed by atoms with Crippen LogP contribution in [0.1, 0.15) is 57.1 Å². The maximum absolute atomic E-state index is 14.3. The number of aliphatic hydroxyl groups excluding tert-OH is 1. The average molecular weight is 855 g/mol. The number of aromatic amines is 1. The van der Waals surface area contributed by atoms with Crippen molar-refractivity contribution in [2.24, 2.45) is 5.73 Å². The predicted octanol–water partition coefficient (Wildman–Crippen LogP) is 0.651. The molecule has 11 N–H and O–H groups in total. The first-order valence-corrected chi connectivity index (χ1v) is 22.1. The molecule has 19 heteroatoms. The zero-order chi connectivity index (χ0) is 42.9. The van der Waals surface area contributed by atoms with Crippen molar-refractivity contribution >= 4 is 73.9 Å². The van der Waals surface area contributed by atoms with Crippen LogP contribution in [0.5, 0.6) is 0 Å². The number of nitrogens with one attached hydrogen (secondary N) is 7. The van der Waals surface area contributed by atoms with Gasteiger partial charge in [-0.15, -0.1) is 0 Å². The van der Waals surface area contributed by atoms with Crippen molar-refractivity contribution in [1.82, 2.24) is 36.9 Å². The number of hydrogen-bond acceptors (Lipinski definition) is 11. The number of hydrogen-bond donors (Lipinski definition) is 10. The molecule has 4 rings (SSSR count). The Bertz CT molecular complexity index is 1910. The van der Waals surface area contributed by atoms with E-state index in [0.29, 0.717) is 24.9 Å². The molecule has 1 fully saturated rings. The third-order valence-corrected chi connectivity index (χ3v) is 12.1. The molecule has 1 aromatic heterocycles. The van der Waals surface area contributed by atoms with Crippen molar-refractivity contribution in [3.8, 4) is 0 Å². The minimum atomic E-state index is -1.60. The van der Waals surface area contributed by atoms with Crippen LogP contribution in [0.2, 0.25) is 0 Å². The summed E-state index contributed by atoms with van der Waals surface area (Å²) in [4.78, 5) is 97.7. The van der Waals surface area contributed by atoms with E-state index in [9.17, 15) is 43.8 Å². The summed E-state index contributed by atoms with van der Waals surface area (Å²) in [5.41, 5.74) is 8.00.